The van der Waals surface area contributed by atoms with E-state index in [1.54, 1.807) is 25.3 Å². The zero-order chi connectivity index (χ0) is 11.5. The number of hydrogen-bond donors (Lipinski definition) is 0. The summed E-state index contributed by atoms with van der Waals surface area (Å²) in [6.45, 7) is 1.90. The fourth-order valence-electron chi connectivity index (χ4n) is 1.59. The molecule has 0 aliphatic carbocycles. The predicted octanol–water partition coefficient (Wildman–Crippen LogP) is 3.20. The van der Waals surface area contributed by atoms with Crippen molar-refractivity contribution in [2.45, 2.75) is 6.92 Å². The number of methoxy groups -OCH3 is 1. The number of rotatable bonds is 2. The highest BCUT2D eigenvalue weighted by atomic mass is 19.1. The molecule has 0 saturated carbocycles. The van der Waals surface area contributed by atoms with E-state index in [0.29, 0.717) is 5.88 Å². The minimum atomic E-state index is -0.233. The van der Waals surface area contributed by atoms with Gasteiger partial charge in [0.05, 0.1) is 7.11 Å². The summed E-state index contributed by atoms with van der Waals surface area (Å²) in [6, 6.07) is 10.1. The van der Waals surface area contributed by atoms with Crippen LogP contribution in [0.2, 0.25) is 0 Å². The molecule has 0 aliphatic rings. The van der Waals surface area contributed by atoms with Gasteiger partial charge in [0.1, 0.15) is 5.82 Å². The van der Waals surface area contributed by atoms with Crippen molar-refractivity contribution in [3.05, 3.63) is 47.9 Å². The van der Waals surface area contributed by atoms with Crippen LogP contribution in [0.5, 0.6) is 5.88 Å². The SMILES string of the molecule is COc1ccc(-c2ccc(F)cc2)c(C)n1. The van der Waals surface area contributed by atoms with E-state index in [4.69, 9.17) is 4.74 Å². The maximum atomic E-state index is 12.8. The molecule has 0 amide bonds. The largest absolute Gasteiger partial charge is 0.481 e. The lowest BCUT2D eigenvalue weighted by molar-refractivity contribution is 0.397. The first-order valence-corrected chi connectivity index (χ1v) is 4.98. The third-order valence-corrected chi connectivity index (χ3v) is 2.42. The quantitative estimate of drug-likeness (QED) is 0.770. The van der Waals surface area contributed by atoms with E-state index in [2.05, 4.69) is 4.98 Å². The van der Waals surface area contributed by atoms with Gasteiger partial charge in [-0.15, -0.1) is 0 Å². The third kappa shape index (κ3) is 2.03. The summed E-state index contributed by atoms with van der Waals surface area (Å²) in [5.41, 5.74) is 2.81. The van der Waals surface area contributed by atoms with Gasteiger partial charge >= 0.3 is 0 Å². The van der Waals surface area contributed by atoms with Crippen LogP contribution in [-0.4, -0.2) is 12.1 Å². The van der Waals surface area contributed by atoms with E-state index >= 15 is 0 Å². The zero-order valence-corrected chi connectivity index (χ0v) is 9.20. The molecule has 16 heavy (non-hydrogen) atoms. The normalized spacial score (nSPS) is 10.2. The lowest BCUT2D eigenvalue weighted by atomic mass is 10.0. The van der Waals surface area contributed by atoms with Crippen molar-refractivity contribution in [2.75, 3.05) is 7.11 Å². The van der Waals surface area contributed by atoms with Crippen LogP contribution < -0.4 is 4.74 Å². The summed E-state index contributed by atoms with van der Waals surface area (Å²) in [5, 5.41) is 0. The molecule has 0 atom stereocenters. The third-order valence-electron chi connectivity index (χ3n) is 2.42. The summed E-state index contributed by atoms with van der Waals surface area (Å²) in [4.78, 5) is 4.27. The number of hydrogen-bond acceptors (Lipinski definition) is 2. The molecular formula is C13H12FNO. The average Bonchev–Trinajstić information content (AvgIpc) is 2.30. The summed E-state index contributed by atoms with van der Waals surface area (Å²) < 4.78 is 17.8. The molecule has 1 heterocycles. The van der Waals surface area contributed by atoms with Crippen molar-refractivity contribution >= 4 is 0 Å². The van der Waals surface area contributed by atoms with E-state index in [9.17, 15) is 4.39 Å². The van der Waals surface area contributed by atoms with Crippen molar-refractivity contribution in [3.63, 3.8) is 0 Å². The molecule has 0 fully saturated rings. The Morgan fingerprint density at radius 2 is 1.75 bits per heavy atom. The molecule has 0 unspecified atom stereocenters. The Labute approximate surface area is 93.7 Å². The summed E-state index contributed by atoms with van der Waals surface area (Å²) in [7, 11) is 1.58. The molecule has 82 valence electrons. The molecule has 3 heteroatoms. The van der Waals surface area contributed by atoms with Crippen LogP contribution in [0.15, 0.2) is 36.4 Å². The molecule has 2 rings (SSSR count). The molecule has 0 saturated heterocycles. The number of aryl methyl sites for hydroxylation is 1. The van der Waals surface area contributed by atoms with Gasteiger partial charge < -0.3 is 4.74 Å². The van der Waals surface area contributed by atoms with Crippen LogP contribution in [0.1, 0.15) is 5.69 Å². The Bertz CT molecular complexity index is 494. The lowest BCUT2D eigenvalue weighted by Gasteiger charge is -2.07. The van der Waals surface area contributed by atoms with Gasteiger partial charge in [0.25, 0.3) is 0 Å². The molecule has 1 aromatic carbocycles. The molecule has 2 aromatic rings. The molecule has 0 bridgehead atoms. The van der Waals surface area contributed by atoms with E-state index in [1.165, 1.54) is 12.1 Å². The molecular weight excluding hydrogens is 205 g/mol. The molecule has 0 spiro atoms. The first-order valence-electron chi connectivity index (χ1n) is 4.98. The minimum Gasteiger partial charge on any atom is -0.481 e. The first-order chi connectivity index (χ1) is 7.70. The standard InChI is InChI=1S/C13H12FNO/c1-9-12(7-8-13(15-9)16-2)10-3-5-11(14)6-4-10/h3-8H,1-2H3. The van der Waals surface area contributed by atoms with Gasteiger partial charge in [-0.25, -0.2) is 9.37 Å². The summed E-state index contributed by atoms with van der Waals surface area (Å²) in [5.74, 6) is 0.353. The van der Waals surface area contributed by atoms with Crippen LogP contribution in [0.3, 0.4) is 0 Å². The predicted molar refractivity (Wildman–Crippen MR) is 60.9 cm³/mol. The lowest BCUT2D eigenvalue weighted by Crippen LogP contribution is -1.92. The van der Waals surface area contributed by atoms with Crippen LogP contribution in [-0.2, 0) is 0 Å². The highest BCUT2D eigenvalue weighted by Crippen LogP contribution is 2.24. The Kier molecular flexibility index (Phi) is 2.86. The number of ether oxygens (including phenoxy) is 1. The average molecular weight is 217 g/mol. The zero-order valence-electron chi connectivity index (χ0n) is 9.20. The molecule has 2 nitrogen and oxygen atoms in total. The monoisotopic (exact) mass is 217 g/mol. The van der Waals surface area contributed by atoms with E-state index in [-0.39, 0.29) is 5.82 Å². The van der Waals surface area contributed by atoms with Crippen LogP contribution >= 0.6 is 0 Å². The van der Waals surface area contributed by atoms with Crippen molar-refractivity contribution in [2.24, 2.45) is 0 Å². The number of halogens is 1. The van der Waals surface area contributed by atoms with Gasteiger partial charge in [0.15, 0.2) is 0 Å². The van der Waals surface area contributed by atoms with Gasteiger partial charge in [0, 0.05) is 17.3 Å². The number of nitrogens with zero attached hydrogens (tertiary/aromatic N) is 1. The van der Waals surface area contributed by atoms with Crippen LogP contribution in [0.25, 0.3) is 11.1 Å². The Hall–Kier alpha value is -1.90. The maximum Gasteiger partial charge on any atom is 0.213 e. The summed E-state index contributed by atoms with van der Waals surface area (Å²) in [6.07, 6.45) is 0. The van der Waals surface area contributed by atoms with Crippen molar-refractivity contribution < 1.29 is 9.13 Å². The van der Waals surface area contributed by atoms with Gasteiger partial charge in [-0.2, -0.15) is 0 Å². The molecule has 1 aromatic heterocycles. The van der Waals surface area contributed by atoms with Crippen LogP contribution in [0, 0.1) is 12.7 Å². The number of aromatic nitrogens is 1. The molecule has 0 N–H and O–H groups in total. The second-order valence-electron chi connectivity index (χ2n) is 3.49. The highest BCUT2D eigenvalue weighted by Gasteiger charge is 2.04. The fraction of sp³-hybridized carbons (Fsp3) is 0.154. The van der Waals surface area contributed by atoms with E-state index in [0.717, 1.165) is 16.8 Å². The second-order valence-corrected chi connectivity index (χ2v) is 3.49. The highest BCUT2D eigenvalue weighted by molar-refractivity contribution is 5.65. The smallest absolute Gasteiger partial charge is 0.213 e. The topological polar surface area (TPSA) is 22.1 Å². The first kappa shape index (κ1) is 10.6. The van der Waals surface area contributed by atoms with E-state index in [1.807, 2.05) is 13.0 Å². The van der Waals surface area contributed by atoms with Gasteiger partial charge in [-0.3, -0.25) is 0 Å². The van der Waals surface area contributed by atoms with E-state index < -0.39 is 0 Å². The van der Waals surface area contributed by atoms with Gasteiger partial charge in [-0.05, 0) is 30.7 Å². The second kappa shape index (κ2) is 4.31. The fourth-order valence-corrected chi connectivity index (χ4v) is 1.59. The van der Waals surface area contributed by atoms with Gasteiger partial charge in [0.2, 0.25) is 5.88 Å². The van der Waals surface area contributed by atoms with Crippen LogP contribution in [0.4, 0.5) is 4.39 Å². The summed E-state index contributed by atoms with van der Waals surface area (Å²) >= 11 is 0. The minimum absolute atomic E-state index is 0.233. The van der Waals surface area contributed by atoms with Crippen molar-refractivity contribution in [3.8, 4) is 17.0 Å². The number of pyridine rings is 1. The van der Waals surface area contributed by atoms with Crippen molar-refractivity contribution in [1.29, 1.82) is 0 Å². The maximum absolute atomic E-state index is 12.8. The van der Waals surface area contributed by atoms with Gasteiger partial charge in [-0.1, -0.05) is 12.1 Å². The number of benzene rings is 1. The Balaban J connectivity index is 2.44. The molecule has 0 radical (unpaired) electrons. The van der Waals surface area contributed by atoms with Crippen molar-refractivity contribution in [1.82, 2.24) is 4.98 Å². The Morgan fingerprint density at radius 3 is 2.31 bits per heavy atom. The molecule has 0 aliphatic heterocycles. The Morgan fingerprint density at radius 1 is 1.06 bits per heavy atom.